The van der Waals surface area contributed by atoms with Gasteiger partial charge in [-0.3, -0.25) is 0 Å². The van der Waals surface area contributed by atoms with Crippen LogP contribution in [0.1, 0.15) is 26.7 Å². The molecule has 1 aliphatic heterocycles. The Morgan fingerprint density at radius 1 is 1.28 bits per heavy atom. The van der Waals surface area contributed by atoms with Crippen LogP contribution in [0.2, 0.25) is 0 Å². The number of halogens is 3. The average Bonchev–Trinajstić information content (AvgIpc) is 2.26. The van der Waals surface area contributed by atoms with E-state index in [0.29, 0.717) is 32.2 Å². The molecule has 1 heterocycles. The second-order valence-electron chi connectivity index (χ2n) is 5.33. The molecule has 0 bridgehead atoms. The molecule has 1 unspecified atom stereocenters. The van der Waals surface area contributed by atoms with Gasteiger partial charge in [0.05, 0.1) is 12.0 Å². The summed E-state index contributed by atoms with van der Waals surface area (Å²) in [6, 6.07) is 0.301. The number of alkyl halides is 3. The number of nitrogens with zero attached hydrogens (tertiary/aromatic N) is 1. The molecule has 1 atom stereocenters. The normalized spacial score (nSPS) is 21.5. The minimum absolute atomic E-state index is 0.147. The zero-order chi connectivity index (χ0) is 13.8. The molecule has 18 heavy (non-hydrogen) atoms. The first-order chi connectivity index (χ1) is 8.29. The maximum atomic E-state index is 12.5. The van der Waals surface area contributed by atoms with E-state index < -0.39 is 18.2 Å². The van der Waals surface area contributed by atoms with Crippen molar-refractivity contribution in [1.29, 1.82) is 0 Å². The van der Waals surface area contributed by atoms with Crippen LogP contribution in [0.25, 0.3) is 0 Å². The molecule has 0 spiro atoms. The van der Waals surface area contributed by atoms with Crippen LogP contribution < -0.4 is 5.32 Å². The van der Waals surface area contributed by atoms with E-state index in [4.69, 9.17) is 0 Å². The number of aliphatic hydroxyl groups is 1. The third-order valence-electron chi connectivity index (χ3n) is 3.28. The van der Waals surface area contributed by atoms with Crippen LogP contribution in [0.5, 0.6) is 0 Å². The zero-order valence-corrected chi connectivity index (χ0v) is 11.0. The third kappa shape index (κ3) is 5.54. The van der Waals surface area contributed by atoms with Gasteiger partial charge in [-0.25, -0.2) is 0 Å². The third-order valence-corrected chi connectivity index (χ3v) is 3.28. The van der Waals surface area contributed by atoms with Crippen LogP contribution in [0.3, 0.4) is 0 Å². The van der Waals surface area contributed by atoms with E-state index in [1.807, 2.05) is 18.7 Å². The number of likely N-dealkylation sites (tertiary alicyclic amines) is 1. The molecule has 0 aromatic heterocycles. The van der Waals surface area contributed by atoms with Crippen molar-refractivity contribution in [2.75, 3.05) is 26.2 Å². The minimum atomic E-state index is -4.07. The summed E-state index contributed by atoms with van der Waals surface area (Å²) >= 11 is 0. The lowest BCUT2D eigenvalue weighted by Crippen LogP contribution is -2.45. The molecular weight excluding hydrogens is 245 g/mol. The molecule has 0 radical (unpaired) electrons. The molecule has 1 rings (SSSR count). The van der Waals surface area contributed by atoms with E-state index in [0.717, 1.165) is 0 Å². The highest BCUT2D eigenvalue weighted by molar-refractivity contribution is 4.78. The lowest BCUT2D eigenvalue weighted by molar-refractivity contribution is -0.185. The van der Waals surface area contributed by atoms with Crippen LogP contribution in [0.15, 0.2) is 0 Å². The summed E-state index contributed by atoms with van der Waals surface area (Å²) in [5.74, 6) is -1.17. The molecule has 2 N–H and O–H groups in total. The topological polar surface area (TPSA) is 35.5 Å². The summed E-state index contributed by atoms with van der Waals surface area (Å²) in [6.07, 6.45) is -4.29. The van der Waals surface area contributed by atoms with Gasteiger partial charge in [0.2, 0.25) is 0 Å². The Morgan fingerprint density at radius 3 is 2.28 bits per heavy atom. The standard InChI is InChI=1S/C12H23F3N2O/c1-9(2)16-7-11(18)8-17-5-3-10(4-6-17)12(13,14)15/h9-11,16,18H,3-8H2,1-2H3. The lowest BCUT2D eigenvalue weighted by atomic mass is 9.96. The minimum Gasteiger partial charge on any atom is -0.390 e. The van der Waals surface area contributed by atoms with Gasteiger partial charge >= 0.3 is 6.18 Å². The Labute approximate surface area is 106 Å². The van der Waals surface area contributed by atoms with E-state index >= 15 is 0 Å². The first-order valence-corrected chi connectivity index (χ1v) is 6.49. The summed E-state index contributed by atoms with van der Waals surface area (Å²) in [5.41, 5.74) is 0. The van der Waals surface area contributed by atoms with Gasteiger partial charge in [-0.05, 0) is 25.9 Å². The fourth-order valence-corrected chi connectivity index (χ4v) is 2.18. The van der Waals surface area contributed by atoms with E-state index in [2.05, 4.69) is 5.32 Å². The number of aliphatic hydroxyl groups excluding tert-OH is 1. The van der Waals surface area contributed by atoms with E-state index in [1.165, 1.54) is 0 Å². The fraction of sp³-hybridized carbons (Fsp3) is 1.00. The SMILES string of the molecule is CC(C)NCC(O)CN1CCC(C(F)(F)F)CC1. The molecule has 1 fully saturated rings. The van der Waals surface area contributed by atoms with Crippen LogP contribution >= 0.6 is 0 Å². The maximum absolute atomic E-state index is 12.5. The highest BCUT2D eigenvalue weighted by Crippen LogP contribution is 2.33. The number of hydrogen-bond donors (Lipinski definition) is 2. The Balaban J connectivity index is 2.23. The van der Waals surface area contributed by atoms with Gasteiger partial charge in [0.25, 0.3) is 0 Å². The highest BCUT2D eigenvalue weighted by Gasteiger charge is 2.41. The van der Waals surface area contributed by atoms with Crippen molar-refractivity contribution in [2.45, 2.75) is 45.0 Å². The summed E-state index contributed by atoms with van der Waals surface area (Å²) in [5, 5.41) is 12.9. The van der Waals surface area contributed by atoms with Crippen molar-refractivity contribution in [3.8, 4) is 0 Å². The predicted molar refractivity (Wildman–Crippen MR) is 64.4 cm³/mol. The molecule has 108 valence electrons. The first-order valence-electron chi connectivity index (χ1n) is 6.49. The fourth-order valence-electron chi connectivity index (χ4n) is 2.18. The van der Waals surface area contributed by atoms with Gasteiger partial charge in [-0.15, -0.1) is 0 Å². The van der Waals surface area contributed by atoms with Crippen molar-refractivity contribution in [3.05, 3.63) is 0 Å². The molecule has 0 amide bonds. The monoisotopic (exact) mass is 268 g/mol. The molecule has 0 aromatic rings. The average molecular weight is 268 g/mol. The molecule has 3 nitrogen and oxygen atoms in total. The summed E-state index contributed by atoms with van der Waals surface area (Å²) in [6.45, 7) is 5.75. The van der Waals surface area contributed by atoms with Crippen LogP contribution in [0, 0.1) is 5.92 Å². The van der Waals surface area contributed by atoms with Gasteiger partial charge in [0.1, 0.15) is 0 Å². The molecule has 0 saturated carbocycles. The van der Waals surface area contributed by atoms with Crippen molar-refractivity contribution in [2.24, 2.45) is 5.92 Å². The number of hydrogen-bond acceptors (Lipinski definition) is 3. The molecule has 1 saturated heterocycles. The molecule has 6 heteroatoms. The Hall–Kier alpha value is -0.330. The van der Waals surface area contributed by atoms with Gasteiger partial charge in [-0.2, -0.15) is 13.2 Å². The van der Waals surface area contributed by atoms with Gasteiger partial charge < -0.3 is 15.3 Å². The van der Waals surface area contributed by atoms with Crippen molar-refractivity contribution < 1.29 is 18.3 Å². The molecule has 0 aromatic carbocycles. The summed E-state index contributed by atoms with van der Waals surface area (Å²) in [7, 11) is 0. The van der Waals surface area contributed by atoms with Gasteiger partial charge in [0.15, 0.2) is 0 Å². The highest BCUT2D eigenvalue weighted by atomic mass is 19.4. The zero-order valence-electron chi connectivity index (χ0n) is 11.0. The van der Waals surface area contributed by atoms with E-state index in [-0.39, 0.29) is 12.8 Å². The lowest BCUT2D eigenvalue weighted by Gasteiger charge is -2.34. The van der Waals surface area contributed by atoms with Gasteiger partial charge in [0, 0.05) is 19.1 Å². The number of piperidine rings is 1. The second-order valence-corrected chi connectivity index (χ2v) is 5.33. The molecule has 0 aliphatic carbocycles. The molecular formula is C12H23F3N2O. The smallest absolute Gasteiger partial charge is 0.390 e. The van der Waals surface area contributed by atoms with E-state index in [1.54, 1.807) is 0 Å². The van der Waals surface area contributed by atoms with Crippen LogP contribution in [-0.4, -0.2) is 54.5 Å². The number of β-amino-alcohol motifs (C(OH)–C–C–N with tert-alkyl or cyclic N) is 1. The summed E-state index contributed by atoms with van der Waals surface area (Å²) < 4.78 is 37.4. The van der Waals surface area contributed by atoms with Crippen molar-refractivity contribution in [3.63, 3.8) is 0 Å². The second kappa shape index (κ2) is 6.73. The van der Waals surface area contributed by atoms with E-state index in [9.17, 15) is 18.3 Å². The predicted octanol–water partition coefficient (Wildman–Crippen LogP) is 1.62. The van der Waals surface area contributed by atoms with Crippen molar-refractivity contribution >= 4 is 0 Å². The Morgan fingerprint density at radius 2 is 1.83 bits per heavy atom. The first kappa shape index (κ1) is 15.7. The molecule has 1 aliphatic rings. The number of nitrogens with one attached hydrogen (secondary N) is 1. The number of rotatable bonds is 5. The largest absolute Gasteiger partial charge is 0.391 e. The van der Waals surface area contributed by atoms with Crippen LogP contribution in [-0.2, 0) is 0 Å². The summed E-state index contributed by atoms with van der Waals surface area (Å²) in [4.78, 5) is 1.91. The van der Waals surface area contributed by atoms with Crippen molar-refractivity contribution in [1.82, 2.24) is 10.2 Å². The Kier molecular flexibility index (Phi) is 5.88. The Bertz CT molecular complexity index is 238. The maximum Gasteiger partial charge on any atom is 0.391 e. The van der Waals surface area contributed by atoms with Gasteiger partial charge in [-0.1, -0.05) is 13.8 Å². The van der Waals surface area contributed by atoms with Crippen LogP contribution in [0.4, 0.5) is 13.2 Å². The quantitative estimate of drug-likeness (QED) is 0.795.